The molecule has 0 aliphatic rings. The fourth-order valence-electron chi connectivity index (χ4n) is 0.952. The summed E-state index contributed by atoms with van der Waals surface area (Å²) in [4.78, 5) is 4.55. The van der Waals surface area contributed by atoms with E-state index in [1.165, 1.54) is 7.11 Å². The van der Waals surface area contributed by atoms with Crippen molar-refractivity contribution < 1.29 is 9.57 Å². The third kappa shape index (κ3) is 2.66. The second-order valence-corrected chi connectivity index (χ2v) is 2.46. The molecule has 13 heavy (non-hydrogen) atoms. The van der Waals surface area contributed by atoms with Crippen molar-refractivity contribution in [1.82, 2.24) is 0 Å². The van der Waals surface area contributed by atoms with Crippen LogP contribution in [0.25, 0.3) is 0 Å². The van der Waals surface area contributed by atoms with E-state index >= 15 is 0 Å². The Morgan fingerprint density at radius 3 is 2.69 bits per heavy atom. The maximum absolute atomic E-state index is 5.62. The molecule has 0 heterocycles. The van der Waals surface area contributed by atoms with Gasteiger partial charge in [0, 0.05) is 17.3 Å². The van der Waals surface area contributed by atoms with E-state index < -0.39 is 0 Å². The maximum atomic E-state index is 5.62. The van der Waals surface area contributed by atoms with Crippen molar-refractivity contribution in [3.63, 3.8) is 0 Å². The molecule has 1 aromatic carbocycles. The van der Waals surface area contributed by atoms with E-state index in [1.54, 1.807) is 25.5 Å². The first-order chi connectivity index (χ1) is 6.26. The molecule has 0 saturated carbocycles. The summed E-state index contributed by atoms with van der Waals surface area (Å²) in [5, 5.41) is 3.62. The number of nitrogens with two attached hydrogens (primary N) is 1. The van der Waals surface area contributed by atoms with Gasteiger partial charge in [-0.25, -0.2) is 0 Å². The molecule has 70 valence electrons. The summed E-state index contributed by atoms with van der Waals surface area (Å²) in [6.45, 7) is 0. The molecule has 4 nitrogen and oxygen atoms in total. The maximum Gasteiger partial charge on any atom is 0.121 e. The van der Waals surface area contributed by atoms with Crippen molar-refractivity contribution in [2.24, 2.45) is 5.16 Å². The SMILES string of the molecule is CO/N=C/c1cc(N)cc(OC)c1. The number of nitrogen functional groups attached to an aromatic ring is 1. The number of hydrogen-bond acceptors (Lipinski definition) is 4. The van der Waals surface area contributed by atoms with Gasteiger partial charge in [0.15, 0.2) is 0 Å². The van der Waals surface area contributed by atoms with Crippen LogP contribution in [0, 0.1) is 0 Å². The molecular weight excluding hydrogens is 168 g/mol. The van der Waals surface area contributed by atoms with Gasteiger partial charge in [-0.2, -0.15) is 0 Å². The molecule has 0 unspecified atom stereocenters. The van der Waals surface area contributed by atoms with E-state index in [2.05, 4.69) is 9.99 Å². The topological polar surface area (TPSA) is 56.8 Å². The van der Waals surface area contributed by atoms with E-state index in [1.807, 2.05) is 6.07 Å². The van der Waals surface area contributed by atoms with Gasteiger partial charge in [-0.15, -0.1) is 0 Å². The third-order valence-electron chi connectivity index (χ3n) is 1.49. The van der Waals surface area contributed by atoms with Gasteiger partial charge in [0.2, 0.25) is 0 Å². The summed E-state index contributed by atoms with van der Waals surface area (Å²) in [5.74, 6) is 0.706. The molecular formula is C9H12N2O2. The fourth-order valence-corrected chi connectivity index (χ4v) is 0.952. The highest BCUT2D eigenvalue weighted by molar-refractivity contribution is 5.81. The minimum Gasteiger partial charge on any atom is -0.497 e. The molecule has 0 fully saturated rings. The van der Waals surface area contributed by atoms with E-state index in [0.29, 0.717) is 11.4 Å². The van der Waals surface area contributed by atoms with Gasteiger partial charge in [0.25, 0.3) is 0 Å². The highest BCUT2D eigenvalue weighted by atomic mass is 16.6. The second-order valence-electron chi connectivity index (χ2n) is 2.46. The van der Waals surface area contributed by atoms with Crippen LogP contribution in [0.2, 0.25) is 0 Å². The third-order valence-corrected chi connectivity index (χ3v) is 1.49. The van der Waals surface area contributed by atoms with Crippen molar-refractivity contribution in [3.8, 4) is 5.75 Å². The monoisotopic (exact) mass is 180 g/mol. The summed E-state index contributed by atoms with van der Waals surface area (Å²) in [6.07, 6.45) is 1.57. The lowest BCUT2D eigenvalue weighted by Crippen LogP contribution is -1.91. The average molecular weight is 180 g/mol. The molecule has 0 aliphatic heterocycles. The minimum absolute atomic E-state index is 0.636. The Morgan fingerprint density at radius 1 is 1.31 bits per heavy atom. The van der Waals surface area contributed by atoms with Crippen molar-refractivity contribution in [1.29, 1.82) is 0 Å². The molecule has 0 spiro atoms. The zero-order valence-corrected chi connectivity index (χ0v) is 7.65. The van der Waals surface area contributed by atoms with Crippen LogP contribution in [0.5, 0.6) is 5.75 Å². The van der Waals surface area contributed by atoms with Crippen molar-refractivity contribution in [2.75, 3.05) is 20.0 Å². The number of rotatable bonds is 3. The van der Waals surface area contributed by atoms with Gasteiger partial charge >= 0.3 is 0 Å². The van der Waals surface area contributed by atoms with Gasteiger partial charge in [0.1, 0.15) is 12.9 Å². The van der Waals surface area contributed by atoms with Gasteiger partial charge in [-0.1, -0.05) is 5.16 Å². The zero-order chi connectivity index (χ0) is 9.68. The van der Waals surface area contributed by atoms with Gasteiger partial charge in [0.05, 0.1) is 13.3 Å². The predicted octanol–water partition coefficient (Wildman–Crippen LogP) is 1.26. The first-order valence-electron chi connectivity index (χ1n) is 3.77. The lowest BCUT2D eigenvalue weighted by molar-refractivity contribution is 0.215. The summed E-state index contributed by atoms with van der Waals surface area (Å²) in [7, 11) is 3.08. The van der Waals surface area contributed by atoms with Crippen LogP contribution in [-0.4, -0.2) is 20.4 Å². The average Bonchev–Trinajstić information content (AvgIpc) is 2.14. The van der Waals surface area contributed by atoms with Crippen LogP contribution in [-0.2, 0) is 4.84 Å². The molecule has 0 radical (unpaired) electrons. The van der Waals surface area contributed by atoms with Crippen molar-refractivity contribution in [3.05, 3.63) is 23.8 Å². The van der Waals surface area contributed by atoms with Crippen molar-refractivity contribution >= 4 is 11.9 Å². The summed E-state index contributed by atoms with van der Waals surface area (Å²) in [5.41, 5.74) is 7.11. The van der Waals surface area contributed by atoms with Crippen LogP contribution in [0.3, 0.4) is 0 Å². The molecule has 0 saturated heterocycles. The number of hydrogen-bond donors (Lipinski definition) is 1. The Morgan fingerprint density at radius 2 is 2.08 bits per heavy atom. The Kier molecular flexibility index (Phi) is 3.14. The van der Waals surface area contributed by atoms with Crippen LogP contribution in [0.15, 0.2) is 23.4 Å². The normalized spacial score (nSPS) is 10.3. The number of methoxy groups -OCH3 is 1. The van der Waals surface area contributed by atoms with Crippen LogP contribution < -0.4 is 10.5 Å². The summed E-state index contributed by atoms with van der Waals surface area (Å²) in [6, 6.07) is 5.34. The van der Waals surface area contributed by atoms with Gasteiger partial charge in [-0.05, 0) is 12.1 Å². The number of benzene rings is 1. The molecule has 0 aromatic heterocycles. The highest BCUT2D eigenvalue weighted by Crippen LogP contribution is 2.16. The van der Waals surface area contributed by atoms with Crippen LogP contribution in [0.1, 0.15) is 5.56 Å². The van der Waals surface area contributed by atoms with Crippen LogP contribution >= 0.6 is 0 Å². The van der Waals surface area contributed by atoms with Crippen molar-refractivity contribution in [2.45, 2.75) is 0 Å². The second kappa shape index (κ2) is 4.35. The molecule has 1 rings (SSSR count). The highest BCUT2D eigenvalue weighted by Gasteiger charge is 1.96. The predicted molar refractivity (Wildman–Crippen MR) is 52.0 cm³/mol. The molecule has 1 aromatic rings. The molecule has 0 atom stereocenters. The Bertz CT molecular complexity index is 310. The zero-order valence-electron chi connectivity index (χ0n) is 7.65. The number of nitrogens with zero attached hydrogens (tertiary/aromatic N) is 1. The smallest absolute Gasteiger partial charge is 0.121 e. The lowest BCUT2D eigenvalue weighted by atomic mass is 10.2. The fraction of sp³-hybridized carbons (Fsp3) is 0.222. The standard InChI is InChI=1S/C9H12N2O2/c1-12-9-4-7(6-11-13-2)3-8(10)5-9/h3-6H,10H2,1-2H3/b11-6+. The van der Waals surface area contributed by atoms with Gasteiger partial charge in [-0.3, -0.25) is 0 Å². The lowest BCUT2D eigenvalue weighted by Gasteiger charge is -2.02. The van der Waals surface area contributed by atoms with E-state index in [4.69, 9.17) is 10.5 Å². The molecule has 2 N–H and O–H groups in total. The molecule has 4 heteroatoms. The molecule has 0 bridgehead atoms. The van der Waals surface area contributed by atoms with Crippen LogP contribution in [0.4, 0.5) is 5.69 Å². The van der Waals surface area contributed by atoms with E-state index in [-0.39, 0.29) is 0 Å². The molecule has 0 aliphatic carbocycles. The Hall–Kier alpha value is -1.71. The number of anilines is 1. The molecule has 0 amide bonds. The summed E-state index contributed by atoms with van der Waals surface area (Å²) >= 11 is 0. The largest absolute Gasteiger partial charge is 0.497 e. The Labute approximate surface area is 76.9 Å². The summed E-state index contributed by atoms with van der Waals surface area (Å²) < 4.78 is 5.03. The Balaban J connectivity index is 2.94. The first-order valence-corrected chi connectivity index (χ1v) is 3.77. The quantitative estimate of drug-likeness (QED) is 0.432. The van der Waals surface area contributed by atoms with Gasteiger partial charge < -0.3 is 15.3 Å². The number of oxime groups is 1. The van der Waals surface area contributed by atoms with E-state index in [0.717, 1.165) is 5.56 Å². The minimum atomic E-state index is 0.636. The number of ether oxygens (including phenoxy) is 1. The van der Waals surface area contributed by atoms with E-state index in [9.17, 15) is 0 Å². The first kappa shape index (κ1) is 9.38.